The van der Waals surface area contributed by atoms with Crippen LogP contribution in [-0.4, -0.2) is 45.0 Å². The SMILES string of the molecule is COc1cc(OC)cc(-c2nc(S/C(=C\c3cn(Cc4ccc(Br)cc4)c4ccccc34)C(=O)O)n[nH]2)c1. The maximum absolute atomic E-state index is 12.2. The number of hydrogen-bond acceptors (Lipinski definition) is 6. The van der Waals surface area contributed by atoms with Crippen molar-refractivity contribution in [2.45, 2.75) is 11.7 Å². The quantitative estimate of drug-likeness (QED) is 0.150. The number of aromatic nitrogens is 4. The Bertz CT molecular complexity index is 1620. The van der Waals surface area contributed by atoms with Gasteiger partial charge in [-0.05, 0) is 53.7 Å². The molecule has 5 rings (SSSR count). The molecule has 0 fully saturated rings. The summed E-state index contributed by atoms with van der Waals surface area (Å²) in [5, 5.41) is 18.4. The predicted molar refractivity (Wildman–Crippen MR) is 152 cm³/mol. The van der Waals surface area contributed by atoms with E-state index in [4.69, 9.17) is 9.47 Å². The molecule has 0 atom stereocenters. The van der Waals surface area contributed by atoms with Crippen molar-refractivity contribution in [3.05, 3.63) is 93.4 Å². The van der Waals surface area contributed by atoms with Crippen LogP contribution in [0.5, 0.6) is 11.5 Å². The fourth-order valence-corrected chi connectivity index (χ4v) is 5.01. The highest BCUT2D eigenvalue weighted by Gasteiger charge is 2.17. The molecule has 2 N–H and O–H groups in total. The van der Waals surface area contributed by atoms with E-state index in [-0.39, 0.29) is 10.1 Å². The molecule has 5 aromatic rings. The second-order valence-electron chi connectivity index (χ2n) is 8.34. The second-order valence-corrected chi connectivity index (χ2v) is 10.3. The number of methoxy groups -OCH3 is 2. The molecule has 192 valence electrons. The van der Waals surface area contributed by atoms with Crippen molar-refractivity contribution < 1.29 is 19.4 Å². The van der Waals surface area contributed by atoms with Gasteiger partial charge >= 0.3 is 5.97 Å². The molecular formula is C28H23BrN4O4S. The minimum absolute atomic E-state index is 0.102. The number of ether oxygens (including phenoxy) is 2. The highest BCUT2D eigenvalue weighted by molar-refractivity contribution is 9.10. The molecule has 0 aliphatic rings. The van der Waals surface area contributed by atoms with E-state index in [2.05, 4.69) is 47.8 Å². The first-order valence-electron chi connectivity index (χ1n) is 11.5. The van der Waals surface area contributed by atoms with E-state index in [1.807, 2.05) is 42.6 Å². The number of carboxylic acid groups (broad SMARTS) is 1. The van der Waals surface area contributed by atoms with Crippen LogP contribution in [0.25, 0.3) is 28.4 Å². The molecule has 0 bridgehead atoms. The van der Waals surface area contributed by atoms with Crippen LogP contribution in [-0.2, 0) is 11.3 Å². The zero-order chi connectivity index (χ0) is 26.6. The summed E-state index contributed by atoms with van der Waals surface area (Å²) in [4.78, 5) is 16.8. The molecule has 0 aliphatic heterocycles. The molecule has 2 aromatic heterocycles. The standard InChI is InChI=1S/C28H23BrN4O4S/c1-36-21-11-18(12-22(14-21)37-2)26-30-28(32-31-26)38-25(27(34)35)13-19-16-33(24-6-4-3-5-23(19)24)15-17-7-9-20(29)10-8-17/h3-14,16H,15H2,1-2H3,(H,34,35)(H,30,31,32)/b25-13-. The molecule has 10 heteroatoms. The number of nitrogens with zero attached hydrogens (tertiary/aromatic N) is 3. The van der Waals surface area contributed by atoms with Gasteiger partial charge in [-0.15, -0.1) is 5.10 Å². The summed E-state index contributed by atoms with van der Waals surface area (Å²) in [7, 11) is 3.14. The largest absolute Gasteiger partial charge is 0.497 e. The minimum atomic E-state index is -1.06. The molecule has 0 aliphatic carbocycles. The van der Waals surface area contributed by atoms with E-state index in [9.17, 15) is 9.90 Å². The third-order valence-electron chi connectivity index (χ3n) is 5.87. The number of halogens is 1. The Morgan fingerprint density at radius 2 is 1.79 bits per heavy atom. The van der Waals surface area contributed by atoms with Crippen LogP contribution >= 0.6 is 27.7 Å². The minimum Gasteiger partial charge on any atom is -0.497 e. The first kappa shape index (κ1) is 25.6. The number of carboxylic acids is 1. The van der Waals surface area contributed by atoms with Gasteiger partial charge in [0, 0.05) is 45.3 Å². The predicted octanol–water partition coefficient (Wildman–Crippen LogP) is 6.47. The van der Waals surface area contributed by atoms with Gasteiger partial charge in [0.1, 0.15) is 16.4 Å². The van der Waals surface area contributed by atoms with E-state index >= 15 is 0 Å². The van der Waals surface area contributed by atoms with E-state index in [1.54, 1.807) is 38.5 Å². The summed E-state index contributed by atoms with van der Waals surface area (Å²) >= 11 is 4.46. The lowest BCUT2D eigenvalue weighted by atomic mass is 10.1. The first-order chi connectivity index (χ1) is 18.4. The van der Waals surface area contributed by atoms with Gasteiger partial charge < -0.3 is 19.1 Å². The van der Waals surface area contributed by atoms with Gasteiger partial charge in [-0.2, -0.15) is 0 Å². The molecule has 0 unspecified atom stereocenters. The monoisotopic (exact) mass is 590 g/mol. The molecular weight excluding hydrogens is 568 g/mol. The highest BCUT2D eigenvalue weighted by atomic mass is 79.9. The van der Waals surface area contributed by atoms with Gasteiger partial charge in [-0.3, -0.25) is 5.10 Å². The zero-order valence-corrected chi connectivity index (χ0v) is 22.9. The van der Waals surface area contributed by atoms with Crippen LogP contribution in [0.4, 0.5) is 0 Å². The Morgan fingerprint density at radius 3 is 2.47 bits per heavy atom. The maximum Gasteiger partial charge on any atom is 0.342 e. The molecule has 8 nitrogen and oxygen atoms in total. The average Bonchev–Trinajstić information content (AvgIpc) is 3.54. The van der Waals surface area contributed by atoms with Crippen LogP contribution in [0, 0.1) is 0 Å². The normalized spacial score (nSPS) is 11.6. The molecule has 3 aromatic carbocycles. The van der Waals surface area contributed by atoms with Gasteiger partial charge in [-0.1, -0.05) is 46.3 Å². The number of nitrogens with one attached hydrogen (secondary N) is 1. The third kappa shape index (κ3) is 5.61. The molecule has 0 spiro atoms. The summed E-state index contributed by atoms with van der Waals surface area (Å²) < 4.78 is 13.8. The second kappa shape index (κ2) is 11.2. The molecule has 0 radical (unpaired) electrons. The third-order valence-corrected chi connectivity index (χ3v) is 7.28. The lowest BCUT2D eigenvalue weighted by molar-refractivity contribution is -0.131. The van der Waals surface area contributed by atoms with Crippen LogP contribution in [0.1, 0.15) is 11.1 Å². The number of hydrogen-bond donors (Lipinski definition) is 2. The van der Waals surface area contributed by atoms with Gasteiger partial charge in [0.15, 0.2) is 5.82 Å². The van der Waals surface area contributed by atoms with Gasteiger partial charge in [-0.25, -0.2) is 9.78 Å². The Kier molecular flexibility index (Phi) is 7.52. The Labute approximate surface area is 231 Å². The Hall–Kier alpha value is -4.02. The van der Waals surface area contributed by atoms with Crippen molar-refractivity contribution in [3.63, 3.8) is 0 Å². The van der Waals surface area contributed by atoms with Gasteiger partial charge in [0.05, 0.1) is 14.2 Å². The number of fused-ring (bicyclic) bond motifs is 1. The van der Waals surface area contributed by atoms with E-state index in [0.717, 1.165) is 38.3 Å². The fourth-order valence-electron chi connectivity index (χ4n) is 4.05. The lowest BCUT2D eigenvalue weighted by Gasteiger charge is -2.06. The lowest BCUT2D eigenvalue weighted by Crippen LogP contribution is -1.98. The number of H-pyrrole nitrogens is 1. The summed E-state index contributed by atoms with van der Waals surface area (Å²) in [5.74, 6) is 0.626. The molecule has 0 amide bonds. The first-order valence-corrected chi connectivity index (χ1v) is 13.2. The van der Waals surface area contributed by atoms with Crippen LogP contribution in [0.15, 0.2) is 87.5 Å². The highest BCUT2D eigenvalue weighted by Crippen LogP contribution is 2.32. The maximum atomic E-state index is 12.2. The van der Waals surface area contributed by atoms with Gasteiger partial charge in [0.25, 0.3) is 0 Å². The van der Waals surface area contributed by atoms with Crippen LogP contribution < -0.4 is 9.47 Å². The summed E-state index contributed by atoms with van der Waals surface area (Å²) in [6, 6.07) is 21.4. The molecule has 38 heavy (non-hydrogen) atoms. The van der Waals surface area contributed by atoms with Crippen molar-refractivity contribution in [1.29, 1.82) is 0 Å². The Balaban J connectivity index is 1.46. The fraction of sp³-hybridized carbons (Fsp3) is 0.107. The number of carbonyl (C=O) groups is 1. The van der Waals surface area contributed by atoms with Gasteiger partial charge in [0.2, 0.25) is 5.16 Å². The van der Waals surface area contributed by atoms with Crippen molar-refractivity contribution in [2.24, 2.45) is 0 Å². The topological polar surface area (TPSA) is 102 Å². The van der Waals surface area contributed by atoms with E-state index in [0.29, 0.717) is 29.4 Å². The molecule has 2 heterocycles. The van der Waals surface area contributed by atoms with Crippen molar-refractivity contribution in [2.75, 3.05) is 14.2 Å². The van der Waals surface area contributed by atoms with E-state index < -0.39 is 5.97 Å². The van der Waals surface area contributed by atoms with Crippen molar-refractivity contribution in [1.82, 2.24) is 19.7 Å². The summed E-state index contributed by atoms with van der Waals surface area (Å²) in [6.07, 6.45) is 3.64. The number of benzene rings is 3. The van der Waals surface area contributed by atoms with Crippen LogP contribution in [0.2, 0.25) is 0 Å². The number of aliphatic carboxylic acids is 1. The number of para-hydroxylation sites is 1. The zero-order valence-electron chi connectivity index (χ0n) is 20.5. The molecule has 0 saturated carbocycles. The van der Waals surface area contributed by atoms with Crippen LogP contribution in [0.3, 0.4) is 0 Å². The number of rotatable bonds is 9. The average molecular weight is 591 g/mol. The Morgan fingerprint density at radius 1 is 1.08 bits per heavy atom. The smallest absolute Gasteiger partial charge is 0.342 e. The number of aromatic amines is 1. The number of thioether (sulfide) groups is 1. The van der Waals surface area contributed by atoms with Crippen molar-refractivity contribution in [3.8, 4) is 22.9 Å². The summed E-state index contributed by atoms with van der Waals surface area (Å²) in [5.41, 5.74) is 3.66. The summed E-state index contributed by atoms with van der Waals surface area (Å²) in [6.45, 7) is 0.658. The molecule has 0 saturated heterocycles. The van der Waals surface area contributed by atoms with Crippen molar-refractivity contribution >= 4 is 50.6 Å². The van der Waals surface area contributed by atoms with E-state index in [1.165, 1.54) is 0 Å².